The van der Waals surface area contributed by atoms with Gasteiger partial charge in [-0.3, -0.25) is 0 Å². The Morgan fingerprint density at radius 3 is 2.72 bits per heavy atom. The van der Waals surface area contributed by atoms with E-state index in [-0.39, 0.29) is 11.6 Å². The molecule has 0 aliphatic carbocycles. The highest BCUT2D eigenvalue weighted by Gasteiger charge is 2.17. The van der Waals surface area contributed by atoms with Gasteiger partial charge in [0, 0.05) is 23.8 Å². The van der Waals surface area contributed by atoms with Gasteiger partial charge in [0.05, 0.1) is 5.60 Å². The molecular weight excluding hydrogens is 242 g/mol. The van der Waals surface area contributed by atoms with E-state index in [1.165, 1.54) is 10.5 Å². The molecule has 1 aromatic carbocycles. The summed E-state index contributed by atoms with van der Waals surface area (Å²) in [6.45, 7) is 6.33. The SMILES string of the molecule is COC(C)(C)CCC(N)CSc1cccc(C)c1. The average Bonchev–Trinajstić information content (AvgIpc) is 2.34. The molecule has 0 fully saturated rings. The average molecular weight is 267 g/mol. The first kappa shape index (κ1) is 15.5. The molecule has 0 aliphatic heterocycles. The van der Waals surface area contributed by atoms with Crippen LogP contribution in [0.25, 0.3) is 0 Å². The van der Waals surface area contributed by atoms with Gasteiger partial charge in [0.1, 0.15) is 0 Å². The van der Waals surface area contributed by atoms with Gasteiger partial charge in [-0.1, -0.05) is 17.7 Å². The predicted molar refractivity (Wildman–Crippen MR) is 80.2 cm³/mol. The summed E-state index contributed by atoms with van der Waals surface area (Å²) in [7, 11) is 1.76. The Balaban J connectivity index is 2.31. The Morgan fingerprint density at radius 2 is 2.11 bits per heavy atom. The van der Waals surface area contributed by atoms with Crippen molar-refractivity contribution in [3.8, 4) is 0 Å². The molecule has 0 bridgehead atoms. The smallest absolute Gasteiger partial charge is 0.0623 e. The summed E-state index contributed by atoms with van der Waals surface area (Å²) >= 11 is 1.84. The standard InChI is InChI=1S/C15H25NOS/c1-12-6-5-7-14(10-12)18-11-13(16)8-9-15(2,3)17-4/h5-7,10,13H,8-9,11,16H2,1-4H3. The van der Waals surface area contributed by atoms with Gasteiger partial charge in [0.15, 0.2) is 0 Å². The van der Waals surface area contributed by atoms with Gasteiger partial charge in [0.25, 0.3) is 0 Å². The summed E-state index contributed by atoms with van der Waals surface area (Å²) in [6.07, 6.45) is 2.00. The molecule has 0 heterocycles. The van der Waals surface area contributed by atoms with Gasteiger partial charge in [0.2, 0.25) is 0 Å². The second-order valence-electron chi connectivity index (χ2n) is 5.39. The third-order valence-electron chi connectivity index (χ3n) is 3.12. The van der Waals surface area contributed by atoms with Crippen LogP contribution >= 0.6 is 11.8 Å². The van der Waals surface area contributed by atoms with E-state index in [2.05, 4.69) is 45.0 Å². The van der Waals surface area contributed by atoms with E-state index in [1.54, 1.807) is 7.11 Å². The normalized spacial score (nSPS) is 13.6. The molecule has 1 atom stereocenters. The van der Waals surface area contributed by atoms with Crippen molar-refractivity contribution in [2.45, 2.75) is 50.2 Å². The zero-order valence-corrected chi connectivity index (χ0v) is 12.7. The highest BCUT2D eigenvalue weighted by atomic mass is 32.2. The van der Waals surface area contributed by atoms with Crippen LogP contribution in [-0.2, 0) is 4.74 Å². The quantitative estimate of drug-likeness (QED) is 0.766. The summed E-state index contributed by atoms with van der Waals surface area (Å²) in [5.74, 6) is 0.962. The van der Waals surface area contributed by atoms with Crippen LogP contribution in [0.3, 0.4) is 0 Å². The molecule has 0 aliphatic rings. The minimum atomic E-state index is -0.0639. The largest absolute Gasteiger partial charge is 0.379 e. The maximum atomic E-state index is 6.15. The van der Waals surface area contributed by atoms with Crippen molar-refractivity contribution in [1.82, 2.24) is 0 Å². The molecule has 1 aromatic rings. The number of rotatable bonds is 7. The van der Waals surface area contributed by atoms with E-state index in [0.717, 1.165) is 18.6 Å². The number of thioether (sulfide) groups is 1. The summed E-state index contributed by atoms with van der Waals surface area (Å²) in [4.78, 5) is 1.30. The van der Waals surface area contributed by atoms with Gasteiger partial charge in [-0.25, -0.2) is 0 Å². The van der Waals surface area contributed by atoms with E-state index >= 15 is 0 Å². The van der Waals surface area contributed by atoms with Gasteiger partial charge in [-0.15, -0.1) is 11.8 Å². The maximum absolute atomic E-state index is 6.15. The van der Waals surface area contributed by atoms with E-state index in [4.69, 9.17) is 10.5 Å². The van der Waals surface area contributed by atoms with Crippen LogP contribution < -0.4 is 5.73 Å². The first-order valence-electron chi connectivity index (χ1n) is 6.43. The highest BCUT2D eigenvalue weighted by Crippen LogP contribution is 2.22. The van der Waals surface area contributed by atoms with Crippen LogP contribution in [0.1, 0.15) is 32.3 Å². The number of methoxy groups -OCH3 is 1. The zero-order valence-electron chi connectivity index (χ0n) is 11.9. The topological polar surface area (TPSA) is 35.2 Å². The summed E-state index contributed by atoms with van der Waals surface area (Å²) in [6, 6.07) is 8.78. The van der Waals surface area contributed by atoms with Crippen molar-refractivity contribution in [3.05, 3.63) is 29.8 Å². The highest BCUT2D eigenvalue weighted by molar-refractivity contribution is 7.99. The molecule has 0 radical (unpaired) electrons. The summed E-state index contributed by atoms with van der Waals surface area (Å²) in [5.41, 5.74) is 7.38. The molecule has 0 aromatic heterocycles. The molecule has 0 saturated heterocycles. The van der Waals surface area contributed by atoms with E-state index in [0.29, 0.717) is 0 Å². The van der Waals surface area contributed by atoms with Gasteiger partial charge < -0.3 is 10.5 Å². The van der Waals surface area contributed by atoms with Crippen LogP contribution in [-0.4, -0.2) is 24.5 Å². The molecule has 1 rings (SSSR count). The van der Waals surface area contributed by atoms with Crippen molar-refractivity contribution in [2.24, 2.45) is 5.73 Å². The molecule has 0 saturated carbocycles. The van der Waals surface area contributed by atoms with E-state index in [1.807, 2.05) is 11.8 Å². The summed E-state index contributed by atoms with van der Waals surface area (Å²) in [5, 5.41) is 0. The molecule has 0 amide bonds. The molecule has 2 N–H and O–H groups in total. The Kier molecular flexibility index (Phi) is 6.19. The third kappa shape index (κ3) is 5.89. The minimum Gasteiger partial charge on any atom is -0.379 e. The number of hydrogen-bond donors (Lipinski definition) is 1. The fourth-order valence-corrected chi connectivity index (χ4v) is 2.64. The Morgan fingerprint density at radius 1 is 1.39 bits per heavy atom. The lowest BCUT2D eigenvalue weighted by Gasteiger charge is -2.24. The lowest BCUT2D eigenvalue weighted by molar-refractivity contribution is 0.0129. The molecule has 18 heavy (non-hydrogen) atoms. The second kappa shape index (κ2) is 7.17. The van der Waals surface area contributed by atoms with Crippen LogP contribution in [0, 0.1) is 6.92 Å². The lowest BCUT2D eigenvalue weighted by Crippen LogP contribution is -2.29. The van der Waals surface area contributed by atoms with Crippen molar-refractivity contribution in [1.29, 1.82) is 0 Å². The van der Waals surface area contributed by atoms with Crippen molar-refractivity contribution < 1.29 is 4.74 Å². The van der Waals surface area contributed by atoms with E-state index < -0.39 is 0 Å². The molecule has 1 unspecified atom stereocenters. The fraction of sp³-hybridized carbons (Fsp3) is 0.600. The first-order chi connectivity index (χ1) is 8.43. The number of aryl methyl sites for hydroxylation is 1. The van der Waals surface area contributed by atoms with E-state index in [9.17, 15) is 0 Å². The Labute approximate surface area is 115 Å². The monoisotopic (exact) mass is 267 g/mol. The van der Waals surface area contributed by atoms with Crippen molar-refractivity contribution in [3.63, 3.8) is 0 Å². The third-order valence-corrected chi connectivity index (χ3v) is 4.31. The lowest BCUT2D eigenvalue weighted by atomic mass is 10.00. The number of ether oxygens (including phenoxy) is 1. The van der Waals surface area contributed by atoms with Crippen molar-refractivity contribution in [2.75, 3.05) is 12.9 Å². The van der Waals surface area contributed by atoms with Crippen LogP contribution in [0.4, 0.5) is 0 Å². The maximum Gasteiger partial charge on any atom is 0.0623 e. The number of benzene rings is 1. The Hall–Kier alpha value is -0.510. The van der Waals surface area contributed by atoms with Gasteiger partial charge in [-0.05, 0) is 45.7 Å². The molecular formula is C15H25NOS. The molecule has 2 nitrogen and oxygen atoms in total. The second-order valence-corrected chi connectivity index (χ2v) is 6.48. The fourth-order valence-electron chi connectivity index (χ4n) is 1.63. The van der Waals surface area contributed by atoms with Crippen molar-refractivity contribution >= 4 is 11.8 Å². The Bertz CT molecular complexity index is 365. The number of nitrogens with two attached hydrogens (primary N) is 1. The first-order valence-corrected chi connectivity index (χ1v) is 7.42. The minimum absolute atomic E-state index is 0.0639. The van der Waals surface area contributed by atoms with Gasteiger partial charge in [-0.2, -0.15) is 0 Å². The van der Waals surface area contributed by atoms with Crippen LogP contribution in [0.2, 0.25) is 0 Å². The number of hydrogen-bond acceptors (Lipinski definition) is 3. The predicted octanol–water partition coefficient (Wildman–Crippen LogP) is 3.62. The van der Waals surface area contributed by atoms with Crippen LogP contribution in [0.5, 0.6) is 0 Å². The molecule has 102 valence electrons. The van der Waals surface area contributed by atoms with Gasteiger partial charge >= 0.3 is 0 Å². The zero-order chi connectivity index (χ0) is 13.6. The van der Waals surface area contributed by atoms with Crippen LogP contribution in [0.15, 0.2) is 29.2 Å². The molecule has 3 heteroatoms. The summed E-state index contributed by atoms with van der Waals surface area (Å²) < 4.78 is 5.40. The molecule has 0 spiro atoms.